The number of nitrogens with zero attached hydrogens (tertiary/aromatic N) is 1. The zero-order valence-electron chi connectivity index (χ0n) is 13.7. The van der Waals surface area contributed by atoms with Crippen molar-refractivity contribution in [2.45, 2.75) is 46.6 Å². The van der Waals surface area contributed by atoms with Gasteiger partial charge in [0.25, 0.3) is 0 Å². The van der Waals surface area contributed by atoms with E-state index in [1.807, 2.05) is 13.8 Å². The van der Waals surface area contributed by atoms with Crippen molar-refractivity contribution in [3.05, 3.63) is 24.1 Å². The first-order valence-corrected chi connectivity index (χ1v) is 7.10. The van der Waals surface area contributed by atoms with E-state index in [9.17, 15) is 4.79 Å². The Labute approximate surface area is 122 Å². The van der Waals surface area contributed by atoms with Gasteiger partial charge in [-0.1, -0.05) is 27.4 Å². The molecule has 1 heterocycles. The van der Waals surface area contributed by atoms with E-state index >= 15 is 0 Å². The lowest BCUT2D eigenvalue weighted by Crippen LogP contribution is -2.59. The van der Waals surface area contributed by atoms with Gasteiger partial charge in [-0.3, -0.25) is 9.69 Å². The number of carbonyl (C=O) groups is 1. The molecule has 0 spiro atoms. The molecule has 1 aliphatic rings. The molecule has 0 aromatic heterocycles. The van der Waals surface area contributed by atoms with E-state index in [0.717, 1.165) is 25.3 Å². The highest BCUT2D eigenvalue weighted by Crippen LogP contribution is 2.26. The summed E-state index contributed by atoms with van der Waals surface area (Å²) in [4.78, 5) is 14.5. The van der Waals surface area contributed by atoms with Gasteiger partial charge in [0.2, 0.25) is 5.91 Å². The third-order valence-corrected chi connectivity index (χ3v) is 3.74. The van der Waals surface area contributed by atoms with E-state index in [-0.39, 0.29) is 11.3 Å². The number of rotatable bonds is 5. The highest BCUT2D eigenvalue weighted by Gasteiger charge is 2.37. The van der Waals surface area contributed by atoms with Gasteiger partial charge in [-0.25, -0.2) is 0 Å². The molecule has 0 bridgehead atoms. The predicted molar refractivity (Wildman–Crippen MR) is 82.1 cm³/mol. The zero-order chi connectivity index (χ0) is 15.6. The minimum absolute atomic E-state index is 0.0252. The fraction of sp³-hybridized carbons (Fsp3) is 0.688. The monoisotopic (exact) mass is 280 g/mol. The first-order valence-electron chi connectivity index (χ1n) is 7.10. The molecular formula is C16H28N2O2. The quantitative estimate of drug-likeness (QED) is 0.622. The number of likely N-dealkylation sites (tertiary alicyclic amines) is 1. The maximum atomic E-state index is 12.3. The molecule has 1 N–H and O–H groups in total. The van der Waals surface area contributed by atoms with E-state index in [0.29, 0.717) is 5.70 Å². The Bertz CT molecular complexity index is 413. The molecule has 4 heteroatoms. The van der Waals surface area contributed by atoms with E-state index in [2.05, 4.69) is 37.6 Å². The Morgan fingerprint density at radius 3 is 2.15 bits per heavy atom. The molecule has 0 radical (unpaired) electrons. The largest absolute Gasteiger partial charge is 0.500 e. The van der Waals surface area contributed by atoms with Gasteiger partial charge in [0, 0.05) is 24.2 Å². The Morgan fingerprint density at radius 2 is 1.80 bits per heavy atom. The van der Waals surface area contributed by atoms with Crippen LogP contribution in [0.15, 0.2) is 24.1 Å². The summed E-state index contributed by atoms with van der Waals surface area (Å²) in [6.45, 7) is 15.9. The minimum Gasteiger partial charge on any atom is -0.500 e. The van der Waals surface area contributed by atoms with Crippen LogP contribution in [0.2, 0.25) is 0 Å². The molecule has 0 atom stereocenters. The van der Waals surface area contributed by atoms with Crippen LogP contribution in [0.3, 0.4) is 0 Å². The molecule has 1 fully saturated rings. The summed E-state index contributed by atoms with van der Waals surface area (Å²) in [5.41, 5.74) is -0.0465. The topological polar surface area (TPSA) is 41.6 Å². The zero-order valence-corrected chi connectivity index (χ0v) is 13.7. The molecule has 1 aliphatic heterocycles. The molecule has 4 nitrogen and oxygen atoms in total. The molecule has 0 aromatic carbocycles. The van der Waals surface area contributed by atoms with Crippen LogP contribution in [0.1, 0.15) is 41.0 Å². The Balaban J connectivity index is 2.70. The molecule has 0 saturated carbocycles. The van der Waals surface area contributed by atoms with Gasteiger partial charge in [-0.05, 0) is 26.3 Å². The smallest absolute Gasteiger partial charge is 0.244 e. The highest BCUT2D eigenvalue weighted by atomic mass is 16.5. The Morgan fingerprint density at radius 1 is 1.25 bits per heavy atom. The lowest BCUT2D eigenvalue weighted by Gasteiger charge is -2.43. The average molecular weight is 280 g/mol. The summed E-state index contributed by atoms with van der Waals surface area (Å²) >= 11 is 0. The third kappa shape index (κ3) is 3.85. The summed E-state index contributed by atoms with van der Waals surface area (Å²) in [7, 11) is 1.64. The molecule has 114 valence electrons. The van der Waals surface area contributed by atoms with Crippen molar-refractivity contribution in [1.29, 1.82) is 0 Å². The number of hydrogen-bond donors (Lipinski definition) is 1. The summed E-state index contributed by atoms with van der Waals surface area (Å²) in [5, 5.41) is 2.87. The highest BCUT2D eigenvalue weighted by molar-refractivity contribution is 5.87. The summed E-state index contributed by atoms with van der Waals surface area (Å²) in [6.07, 6.45) is 2.96. The van der Waals surface area contributed by atoms with E-state index in [4.69, 9.17) is 4.74 Å². The third-order valence-electron chi connectivity index (χ3n) is 3.74. The Hall–Kier alpha value is -1.29. The van der Waals surface area contributed by atoms with Crippen molar-refractivity contribution in [3.8, 4) is 0 Å². The summed E-state index contributed by atoms with van der Waals surface area (Å²) in [5.74, 6) is 0.771. The van der Waals surface area contributed by atoms with Crippen LogP contribution in [0, 0.1) is 5.41 Å². The second-order valence-electron chi connectivity index (χ2n) is 6.84. The number of ether oxygens (including phenoxy) is 1. The van der Waals surface area contributed by atoms with Crippen LogP contribution in [-0.2, 0) is 9.53 Å². The summed E-state index contributed by atoms with van der Waals surface area (Å²) in [6, 6.07) is 0. The van der Waals surface area contributed by atoms with Crippen LogP contribution in [0.25, 0.3) is 0 Å². The van der Waals surface area contributed by atoms with Crippen LogP contribution >= 0.6 is 0 Å². The van der Waals surface area contributed by atoms with Gasteiger partial charge in [0.15, 0.2) is 0 Å². The van der Waals surface area contributed by atoms with Crippen molar-refractivity contribution < 1.29 is 9.53 Å². The predicted octanol–water partition coefficient (Wildman–Crippen LogP) is 2.68. The number of methoxy groups -OCH3 is 1. The number of nitrogens with one attached hydrogen (secondary N) is 1. The normalized spacial score (nSPS) is 17.4. The molecule has 0 unspecified atom stereocenters. The number of carbonyl (C=O) groups excluding carboxylic acids is 1. The standard InChI is InChI=1S/C16H28N2O2/c1-12(11-13(20-7)15(2,3)4)17-14(19)16(5,6)18-9-8-10-18/h11H,1,8-10H2,2-7H3,(H,17,19)/b13-11-. The maximum absolute atomic E-state index is 12.3. The van der Waals surface area contributed by atoms with Crippen LogP contribution < -0.4 is 5.32 Å². The van der Waals surface area contributed by atoms with E-state index < -0.39 is 5.54 Å². The molecule has 20 heavy (non-hydrogen) atoms. The Kier molecular flexibility index (Phi) is 5.03. The second kappa shape index (κ2) is 6.00. The average Bonchev–Trinajstić information content (AvgIpc) is 2.20. The van der Waals surface area contributed by atoms with Crippen molar-refractivity contribution in [1.82, 2.24) is 10.2 Å². The van der Waals surface area contributed by atoms with Gasteiger partial charge in [-0.2, -0.15) is 0 Å². The fourth-order valence-corrected chi connectivity index (χ4v) is 2.09. The number of hydrogen-bond acceptors (Lipinski definition) is 3. The van der Waals surface area contributed by atoms with Crippen LogP contribution in [0.4, 0.5) is 0 Å². The first kappa shape index (κ1) is 16.8. The molecule has 1 amide bonds. The lowest BCUT2D eigenvalue weighted by molar-refractivity contribution is -0.133. The van der Waals surface area contributed by atoms with Gasteiger partial charge in [-0.15, -0.1) is 0 Å². The first-order chi connectivity index (χ1) is 9.09. The maximum Gasteiger partial charge on any atom is 0.244 e. The SMILES string of the molecule is C=C(/C=C(\OC)C(C)(C)C)NC(=O)C(C)(C)N1CCC1. The molecule has 1 rings (SSSR count). The van der Waals surface area contributed by atoms with Gasteiger partial charge >= 0.3 is 0 Å². The van der Waals surface area contributed by atoms with Gasteiger partial charge in [0.1, 0.15) is 5.76 Å². The molecule has 0 aromatic rings. The second-order valence-corrected chi connectivity index (χ2v) is 6.84. The lowest BCUT2D eigenvalue weighted by atomic mass is 9.93. The van der Waals surface area contributed by atoms with Crippen molar-refractivity contribution in [2.24, 2.45) is 5.41 Å². The van der Waals surface area contributed by atoms with Crippen molar-refractivity contribution in [2.75, 3.05) is 20.2 Å². The minimum atomic E-state index is -0.496. The molecule has 0 aliphatic carbocycles. The molecule has 1 saturated heterocycles. The fourth-order valence-electron chi connectivity index (χ4n) is 2.09. The van der Waals surface area contributed by atoms with Gasteiger partial charge < -0.3 is 10.1 Å². The number of amides is 1. The van der Waals surface area contributed by atoms with Crippen LogP contribution in [0.5, 0.6) is 0 Å². The summed E-state index contributed by atoms with van der Waals surface area (Å²) < 4.78 is 5.37. The van der Waals surface area contributed by atoms with Crippen molar-refractivity contribution >= 4 is 5.91 Å². The van der Waals surface area contributed by atoms with Gasteiger partial charge in [0.05, 0.1) is 12.6 Å². The van der Waals surface area contributed by atoms with E-state index in [1.165, 1.54) is 0 Å². The van der Waals surface area contributed by atoms with Crippen LogP contribution in [-0.4, -0.2) is 36.5 Å². The van der Waals surface area contributed by atoms with Crippen molar-refractivity contribution in [3.63, 3.8) is 0 Å². The van der Waals surface area contributed by atoms with E-state index in [1.54, 1.807) is 13.2 Å². The molecular weight excluding hydrogens is 252 g/mol. The number of allylic oxidation sites excluding steroid dienone is 2.